The molecule has 0 atom stereocenters. The molecule has 4 aromatic carbocycles. The lowest BCUT2D eigenvalue weighted by Crippen LogP contribution is -3.00. The Balaban J connectivity index is 0.00000353. The molecule has 2 nitrogen and oxygen atoms in total. The van der Waals surface area contributed by atoms with Crippen molar-refractivity contribution in [3.05, 3.63) is 154 Å². The van der Waals surface area contributed by atoms with Crippen molar-refractivity contribution in [3.63, 3.8) is 0 Å². The van der Waals surface area contributed by atoms with E-state index < -0.39 is 0 Å². The number of halogens is 1. The van der Waals surface area contributed by atoms with Crippen LogP contribution in [-0.4, -0.2) is 10.3 Å². The smallest absolute Gasteiger partial charge is 0.210 e. The average Bonchev–Trinajstić information content (AvgIpc) is 3.30. The standard InChI is InChI=1S/C39H41N2.BrH/c1-28-18-22-30(23-19-28)26-40-34-14-9-7-12-32(34)38(3,4)36(40)16-11-17-37-39(5,6)33-13-8-10-15-35(33)41(37)27-31-24-20-29(2)21-25-31;/h7-25H,26-27H2,1-6H3;1H/q+1;/p-1. The van der Waals surface area contributed by atoms with E-state index in [1.807, 2.05) is 0 Å². The third kappa shape index (κ3) is 5.31. The zero-order chi connectivity index (χ0) is 28.8. The van der Waals surface area contributed by atoms with Gasteiger partial charge in [0.1, 0.15) is 0 Å². The van der Waals surface area contributed by atoms with Crippen molar-refractivity contribution in [2.75, 3.05) is 4.90 Å². The van der Waals surface area contributed by atoms with Gasteiger partial charge < -0.3 is 21.9 Å². The van der Waals surface area contributed by atoms with Crippen LogP contribution in [0.3, 0.4) is 0 Å². The largest absolute Gasteiger partial charge is 1.00 e. The molecule has 0 saturated carbocycles. The van der Waals surface area contributed by atoms with E-state index in [2.05, 4.69) is 166 Å². The summed E-state index contributed by atoms with van der Waals surface area (Å²) >= 11 is 0. The maximum Gasteiger partial charge on any atom is 0.210 e. The number of hydrogen-bond donors (Lipinski definition) is 0. The second kappa shape index (κ2) is 11.5. The molecule has 3 heteroatoms. The van der Waals surface area contributed by atoms with Crippen LogP contribution in [0.15, 0.2) is 121 Å². The van der Waals surface area contributed by atoms with Gasteiger partial charge in [0.15, 0.2) is 12.3 Å². The van der Waals surface area contributed by atoms with Gasteiger partial charge in [0.05, 0.1) is 5.41 Å². The zero-order valence-electron chi connectivity index (χ0n) is 25.7. The molecule has 2 aliphatic rings. The third-order valence-electron chi connectivity index (χ3n) is 9.03. The summed E-state index contributed by atoms with van der Waals surface area (Å²) in [6.07, 6.45) is 6.99. The number of para-hydroxylation sites is 2. The lowest BCUT2D eigenvalue weighted by Gasteiger charge is -2.27. The normalized spacial score (nSPS) is 17.5. The SMILES string of the molecule is Cc1ccc(CN2/C(=C/C=C/C3=[N+](Cc4ccc(C)cc4)c4ccccc4C3(C)C)C(C)(C)c3ccccc32)cc1.[Br-]. The fourth-order valence-electron chi connectivity index (χ4n) is 6.61. The van der Waals surface area contributed by atoms with Crippen LogP contribution in [0.5, 0.6) is 0 Å². The van der Waals surface area contributed by atoms with Gasteiger partial charge in [-0.15, -0.1) is 0 Å². The van der Waals surface area contributed by atoms with Crippen LogP contribution in [0.1, 0.15) is 61.1 Å². The first-order chi connectivity index (χ1) is 19.7. The first kappa shape index (κ1) is 29.8. The number of hydrogen-bond acceptors (Lipinski definition) is 1. The Bertz CT molecular complexity index is 1690. The molecule has 0 fully saturated rings. The van der Waals surface area contributed by atoms with Crippen molar-refractivity contribution in [2.24, 2.45) is 0 Å². The zero-order valence-corrected chi connectivity index (χ0v) is 27.2. The van der Waals surface area contributed by atoms with Crippen LogP contribution in [0.25, 0.3) is 0 Å². The van der Waals surface area contributed by atoms with E-state index in [0.29, 0.717) is 0 Å². The highest BCUT2D eigenvalue weighted by Crippen LogP contribution is 2.48. The van der Waals surface area contributed by atoms with Crippen LogP contribution < -0.4 is 21.9 Å². The minimum Gasteiger partial charge on any atom is -1.00 e. The number of allylic oxidation sites excluding steroid dienone is 4. The Hall–Kier alpha value is -3.69. The second-order valence-electron chi connectivity index (χ2n) is 12.7. The predicted octanol–water partition coefficient (Wildman–Crippen LogP) is 6.32. The van der Waals surface area contributed by atoms with Crippen molar-refractivity contribution in [2.45, 2.75) is 65.5 Å². The van der Waals surface area contributed by atoms with E-state index in [1.165, 1.54) is 56.2 Å². The number of fused-ring (bicyclic) bond motifs is 2. The fourth-order valence-corrected chi connectivity index (χ4v) is 6.61. The van der Waals surface area contributed by atoms with Crippen molar-refractivity contribution < 1.29 is 21.6 Å². The molecule has 2 heterocycles. The minimum absolute atomic E-state index is 0. The summed E-state index contributed by atoms with van der Waals surface area (Å²) in [4.78, 5) is 2.51. The van der Waals surface area contributed by atoms with Crippen LogP contribution in [0.2, 0.25) is 0 Å². The number of rotatable bonds is 6. The Kier molecular flexibility index (Phi) is 8.18. The van der Waals surface area contributed by atoms with Crippen molar-refractivity contribution in [1.29, 1.82) is 0 Å². The molecule has 0 bridgehead atoms. The highest BCUT2D eigenvalue weighted by atomic mass is 79.9. The third-order valence-corrected chi connectivity index (χ3v) is 9.03. The lowest BCUT2D eigenvalue weighted by molar-refractivity contribution is -0.455. The van der Waals surface area contributed by atoms with Crippen LogP contribution in [0, 0.1) is 13.8 Å². The molecule has 0 spiro atoms. The molecule has 42 heavy (non-hydrogen) atoms. The minimum atomic E-state index is -0.0912. The van der Waals surface area contributed by atoms with Crippen LogP contribution >= 0.6 is 0 Å². The first-order valence-electron chi connectivity index (χ1n) is 14.8. The molecule has 4 aromatic rings. The number of anilines is 1. The van der Waals surface area contributed by atoms with Crippen LogP contribution in [-0.2, 0) is 23.9 Å². The Morgan fingerprint density at radius 1 is 0.667 bits per heavy atom. The quantitative estimate of drug-likeness (QED) is 0.230. The first-order valence-corrected chi connectivity index (χ1v) is 14.8. The highest BCUT2D eigenvalue weighted by molar-refractivity contribution is 6.03. The molecule has 0 aromatic heterocycles. The molecule has 0 unspecified atom stereocenters. The van der Waals surface area contributed by atoms with Gasteiger partial charge in [-0.3, -0.25) is 0 Å². The molecule has 6 rings (SSSR count). The highest BCUT2D eigenvalue weighted by Gasteiger charge is 2.44. The molecule has 2 aliphatic heterocycles. The van der Waals surface area contributed by atoms with E-state index in [0.717, 1.165) is 13.1 Å². The molecule has 0 aliphatic carbocycles. The molecular weight excluding hydrogens is 576 g/mol. The molecular formula is C39H41BrN2. The van der Waals surface area contributed by atoms with Gasteiger partial charge in [-0.2, -0.15) is 4.58 Å². The van der Waals surface area contributed by atoms with Gasteiger partial charge in [0.2, 0.25) is 5.69 Å². The van der Waals surface area contributed by atoms with Gasteiger partial charge in [0, 0.05) is 46.6 Å². The summed E-state index contributed by atoms with van der Waals surface area (Å²) in [5.74, 6) is 0. The van der Waals surface area contributed by atoms with Gasteiger partial charge in [-0.1, -0.05) is 116 Å². The van der Waals surface area contributed by atoms with Gasteiger partial charge in [0.25, 0.3) is 0 Å². The maximum absolute atomic E-state index is 2.51. The van der Waals surface area contributed by atoms with Gasteiger partial charge in [-0.25, -0.2) is 0 Å². The van der Waals surface area contributed by atoms with Gasteiger partial charge >= 0.3 is 0 Å². The average molecular weight is 618 g/mol. The van der Waals surface area contributed by atoms with E-state index in [9.17, 15) is 0 Å². The summed E-state index contributed by atoms with van der Waals surface area (Å²) in [7, 11) is 0. The summed E-state index contributed by atoms with van der Waals surface area (Å²) < 4.78 is 2.51. The number of benzene rings is 4. The summed E-state index contributed by atoms with van der Waals surface area (Å²) in [5, 5.41) is 0. The Labute approximate surface area is 262 Å². The second-order valence-corrected chi connectivity index (χ2v) is 12.7. The summed E-state index contributed by atoms with van der Waals surface area (Å²) in [6.45, 7) is 15.4. The Morgan fingerprint density at radius 3 is 1.90 bits per heavy atom. The topological polar surface area (TPSA) is 6.25 Å². The molecule has 0 radical (unpaired) electrons. The van der Waals surface area contributed by atoms with E-state index >= 15 is 0 Å². The monoisotopic (exact) mass is 616 g/mol. The van der Waals surface area contributed by atoms with Crippen molar-refractivity contribution >= 4 is 17.1 Å². The fraction of sp³-hybridized carbons (Fsp3) is 0.256. The lowest BCUT2D eigenvalue weighted by atomic mass is 9.81. The summed E-state index contributed by atoms with van der Waals surface area (Å²) in [5.41, 5.74) is 13.1. The maximum atomic E-state index is 2.51. The van der Waals surface area contributed by atoms with E-state index in [4.69, 9.17) is 0 Å². The van der Waals surface area contributed by atoms with Crippen molar-refractivity contribution in [1.82, 2.24) is 0 Å². The molecule has 0 saturated heterocycles. The van der Waals surface area contributed by atoms with Crippen LogP contribution in [0.4, 0.5) is 11.4 Å². The Morgan fingerprint density at radius 2 is 1.24 bits per heavy atom. The van der Waals surface area contributed by atoms with E-state index in [1.54, 1.807) is 0 Å². The van der Waals surface area contributed by atoms with Gasteiger partial charge in [-0.05, 0) is 51.0 Å². The molecule has 0 N–H and O–H groups in total. The van der Waals surface area contributed by atoms with E-state index in [-0.39, 0.29) is 27.8 Å². The molecule has 0 amide bonds. The molecule has 214 valence electrons. The number of aryl methyl sites for hydroxylation is 2. The predicted molar refractivity (Wildman–Crippen MR) is 173 cm³/mol. The van der Waals surface area contributed by atoms with Crippen molar-refractivity contribution in [3.8, 4) is 0 Å². The number of nitrogens with zero attached hydrogens (tertiary/aromatic N) is 2. The summed E-state index contributed by atoms with van der Waals surface area (Å²) in [6, 6.07) is 35.7.